The number of benzene rings is 1. The third kappa shape index (κ3) is 13.8. The molecule has 0 radical (unpaired) electrons. The molecule has 3 aliphatic rings. The Bertz CT molecular complexity index is 1880. The lowest BCUT2D eigenvalue weighted by Gasteiger charge is -2.46. The molecule has 0 unspecified atom stereocenters. The molecule has 5 heteroatoms. The van der Waals surface area contributed by atoms with Gasteiger partial charge in [0.05, 0.1) is 0 Å². The molecule has 0 spiro atoms. The highest BCUT2D eigenvalue weighted by Gasteiger charge is 2.49. The summed E-state index contributed by atoms with van der Waals surface area (Å²) >= 11 is 0. The van der Waals surface area contributed by atoms with Gasteiger partial charge in [0.2, 0.25) is 0 Å². The molecule has 3 aliphatic carbocycles. The summed E-state index contributed by atoms with van der Waals surface area (Å²) < 4.78 is 0. The predicted octanol–water partition coefficient (Wildman–Crippen LogP) is 14.5. The van der Waals surface area contributed by atoms with Crippen LogP contribution in [0.4, 0.5) is 0 Å². The van der Waals surface area contributed by atoms with E-state index in [2.05, 4.69) is 90.3 Å². The lowest BCUT2D eigenvalue weighted by molar-refractivity contribution is -0.139. The van der Waals surface area contributed by atoms with Crippen molar-refractivity contribution in [2.45, 2.75) is 204 Å². The molecule has 5 nitrogen and oxygen atoms in total. The highest BCUT2D eigenvalue weighted by Crippen LogP contribution is 2.53. The maximum atomic E-state index is 13.1. The average Bonchev–Trinajstić information content (AvgIpc) is 3.27. The minimum absolute atomic E-state index is 0.0356. The van der Waals surface area contributed by atoms with Crippen LogP contribution in [0.3, 0.4) is 0 Å². The van der Waals surface area contributed by atoms with Crippen molar-refractivity contribution < 1.29 is 14.4 Å². The number of terminal acetylenes is 1. The molecule has 2 aromatic heterocycles. The number of Topliss-reactive ketones (excluding diaryl/α,β-unsaturated/α-hetero) is 3. The van der Waals surface area contributed by atoms with Crippen LogP contribution in [0.5, 0.6) is 0 Å². The molecule has 0 amide bonds. The minimum atomic E-state index is -0.150. The van der Waals surface area contributed by atoms with Crippen molar-refractivity contribution in [3.05, 3.63) is 95.6 Å². The molecule has 0 aliphatic heterocycles. The number of rotatable bonds is 13. The summed E-state index contributed by atoms with van der Waals surface area (Å²) in [6, 6.07) is 20.1. The van der Waals surface area contributed by atoms with Crippen LogP contribution in [-0.4, -0.2) is 27.3 Å². The number of hydrogen-bond donors (Lipinski definition) is 0. The average molecular weight is 857 g/mol. The summed E-state index contributed by atoms with van der Waals surface area (Å²) in [6.45, 7) is 20.1. The summed E-state index contributed by atoms with van der Waals surface area (Å²) in [4.78, 5) is 47.6. The molecule has 0 N–H and O–H groups in total. The molecular formula is C58H84N2O3. The van der Waals surface area contributed by atoms with Gasteiger partial charge in [-0.05, 0) is 109 Å². The summed E-state index contributed by atoms with van der Waals surface area (Å²) in [6.07, 6.45) is 31.5. The number of nitrogens with zero attached hydrogens (tertiary/aromatic N) is 2. The Morgan fingerprint density at radius 2 is 0.889 bits per heavy atom. The fraction of sp³-hybridized carbons (Fsp3) is 0.638. The van der Waals surface area contributed by atoms with Crippen LogP contribution in [-0.2, 0) is 40.1 Å². The van der Waals surface area contributed by atoms with Gasteiger partial charge in [0, 0.05) is 65.7 Å². The second kappa shape index (κ2) is 23.3. The second-order valence-corrected chi connectivity index (χ2v) is 22.3. The van der Waals surface area contributed by atoms with Crippen molar-refractivity contribution in [2.75, 3.05) is 0 Å². The quantitative estimate of drug-likeness (QED) is 0.160. The van der Waals surface area contributed by atoms with Crippen molar-refractivity contribution in [1.82, 2.24) is 9.97 Å². The van der Waals surface area contributed by atoms with Gasteiger partial charge >= 0.3 is 0 Å². The number of aromatic nitrogens is 2. The number of carbonyl (C=O) groups is 3. The van der Waals surface area contributed by atoms with Crippen molar-refractivity contribution in [3.8, 4) is 12.3 Å². The molecule has 3 fully saturated rings. The van der Waals surface area contributed by atoms with Gasteiger partial charge in [-0.1, -0.05) is 156 Å². The molecule has 63 heavy (non-hydrogen) atoms. The Balaban J connectivity index is 0.000000208. The third-order valence-electron chi connectivity index (χ3n) is 15.6. The molecule has 0 saturated heterocycles. The Hall–Kier alpha value is -3.91. The fourth-order valence-corrected chi connectivity index (χ4v) is 11.3. The van der Waals surface area contributed by atoms with E-state index in [0.717, 1.165) is 80.3 Å². The number of hydrogen-bond acceptors (Lipinski definition) is 5. The van der Waals surface area contributed by atoms with E-state index in [1.54, 1.807) is 6.20 Å². The van der Waals surface area contributed by atoms with Gasteiger partial charge in [-0.2, -0.15) is 0 Å². The summed E-state index contributed by atoms with van der Waals surface area (Å²) in [7, 11) is 0. The van der Waals surface area contributed by atoms with Crippen LogP contribution >= 0.6 is 0 Å². The highest BCUT2D eigenvalue weighted by atomic mass is 16.1. The lowest BCUT2D eigenvalue weighted by Crippen LogP contribution is -2.45. The van der Waals surface area contributed by atoms with E-state index in [1.807, 2.05) is 54.7 Å². The standard InChI is InChI=1S/C21H28O.C19H29NO.C18H27NO/c1-5-9-17-10-12-18(13-11-17)16-19(22)21(20(2,3)4)14-7-6-8-15-21;1-18(2,3)19(13-6-4-7-14-19)17(21)12-9-11-16-10-5-8-15-20-16;1-17(2,3)18(12-6-4-7-13-18)16(20)11-10-15-9-5-8-14-19-15/h1,10-13H,6-9,14-16H2,2-4H3;5,8,10,15H,4,6-7,9,11-14H2,1-3H3;5,8-9,14H,4,6-7,10-13H2,1-3H3. The monoisotopic (exact) mass is 857 g/mol. The maximum absolute atomic E-state index is 13.1. The van der Waals surface area contributed by atoms with Gasteiger partial charge in [0.15, 0.2) is 0 Å². The van der Waals surface area contributed by atoms with Crippen molar-refractivity contribution >= 4 is 17.3 Å². The SMILES string of the molecule is C#CCc1ccc(CC(=O)C2(C(C)(C)C)CCCCC2)cc1.CC(C)(C)C1(C(=O)CCCc2ccccn2)CCCCC1.CC(C)(C)C1(C(=O)CCc2ccccn2)CCCCC1. The molecule has 3 saturated carbocycles. The van der Waals surface area contributed by atoms with Gasteiger partial charge in [-0.3, -0.25) is 24.4 Å². The van der Waals surface area contributed by atoms with Crippen LogP contribution in [0.15, 0.2) is 73.1 Å². The van der Waals surface area contributed by atoms with E-state index >= 15 is 0 Å². The Labute approximate surface area is 384 Å². The Kier molecular flexibility index (Phi) is 19.2. The van der Waals surface area contributed by atoms with Gasteiger partial charge < -0.3 is 0 Å². The Morgan fingerprint density at radius 3 is 1.27 bits per heavy atom. The number of aryl methyl sites for hydroxylation is 2. The fourth-order valence-electron chi connectivity index (χ4n) is 11.3. The zero-order valence-corrected chi connectivity index (χ0v) is 41.2. The highest BCUT2D eigenvalue weighted by molar-refractivity contribution is 5.88. The molecule has 1 aromatic carbocycles. The van der Waals surface area contributed by atoms with Gasteiger partial charge in [-0.25, -0.2) is 0 Å². The van der Waals surface area contributed by atoms with E-state index < -0.39 is 0 Å². The third-order valence-corrected chi connectivity index (χ3v) is 15.6. The molecule has 344 valence electrons. The first-order valence-corrected chi connectivity index (χ1v) is 24.7. The molecule has 2 heterocycles. The summed E-state index contributed by atoms with van der Waals surface area (Å²) in [5.41, 5.74) is 4.21. The van der Waals surface area contributed by atoms with Crippen LogP contribution in [0.1, 0.15) is 200 Å². The minimum Gasteiger partial charge on any atom is -0.299 e. The van der Waals surface area contributed by atoms with E-state index in [9.17, 15) is 14.4 Å². The van der Waals surface area contributed by atoms with E-state index in [0.29, 0.717) is 43.0 Å². The van der Waals surface area contributed by atoms with Crippen LogP contribution in [0.2, 0.25) is 0 Å². The maximum Gasteiger partial charge on any atom is 0.143 e. The van der Waals surface area contributed by atoms with Crippen LogP contribution in [0.25, 0.3) is 0 Å². The van der Waals surface area contributed by atoms with Crippen molar-refractivity contribution in [3.63, 3.8) is 0 Å². The van der Waals surface area contributed by atoms with Crippen LogP contribution < -0.4 is 0 Å². The molecule has 0 bridgehead atoms. The smallest absolute Gasteiger partial charge is 0.143 e. The largest absolute Gasteiger partial charge is 0.299 e. The first kappa shape index (κ1) is 51.7. The van der Waals surface area contributed by atoms with E-state index in [1.165, 1.54) is 57.8 Å². The Morgan fingerprint density at radius 1 is 0.508 bits per heavy atom. The normalized spacial score (nSPS) is 18.3. The van der Waals surface area contributed by atoms with Crippen LogP contribution in [0, 0.1) is 44.8 Å². The number of carbonyl (C=O) groups excluding carboxylic acids is 3. The number of pyridine rings is 2. The van der Waals surface area contributed by atoms with Gasteiger partial charge in [-0.15, -0.1) is 12.3 Å². The lowest BCUT2D eigenvalue weighted by atomic mass is 9.56. The molecular weight excluding hydrogens is 773 g/mol. The number of ketones is 3. The molecule has 6 rings (SSSR count). The topological polar surface area (TPSA) is 77.0 Å². The van der Waals surface area contributed by atoms with Gasteiger partial charge in [0.25, 0.3) is 0 Å². The molecule has 3 aromatic rings. The van der Waals surface area contributed by atoms with Gasteiger partial charge in [0.1, 0.15) is 17.3 Å². The van der Waals surface area contributed by atoms with Crippen molar-refractivity contribution in [2.24, 2.45) is 32.5 Å². The van der Waals surface area contributed by atoms with E-state index in [-0.39, 0.29) is 32.5 Å². The molecule has 0 atom stereocenters. The first-order chi connectivity index (χ1) is 29.8. The first-order valence-electron chi connectivity index (χ1n) is 24.7. The zero-order valence-electron chi connectivity index (χ0n) is 41.2. The zero-order chi connectivity index (χ0) is 46.2. The summed E-state index contributed by atoms with van der Waals surface area (Å²) in [5, 5.41) is 0. The van der Waals surface area contributed by atoms with Crippen molar-refractivity contribution in [1.29, 1.82) is 0 Å². The predicted molar refractivity (Wildman–Crippen MR) is 262 cm³/mol. The summed E-state index contributed by atoms with van der Waals surface area (Å²) in [5.74, 6) is 4.02. The second-order valence-electron chi connectivity index (χ2n) is 22.3. The van der Waals surface area contributed by atoms with E-state index in [4.69, 9.17) is 6.42 Å².